The predicted octanol–water partition coefficient (Wildman–Crippen LogP) is 1.28. The summed E-state index contributed by atoms with van der Waals surface area (Å²) in [5, 5.41) is 13.1. The molecule has 0 aromatic heterocycles. The monoisotopic (exact) mass is 277 g/mol. The van der Waals surface area contributed by atoms with Crippen molar-refractivity contribution in [1.82, 2.24) is 5.32 Å². The quantitative estimate of drug-likeness (QED) is 0.557. The topological polar surface area (TPSA) is 50.7 Å². The van der Waals surface area contributed by atoms with Crippen molar-refractivity contribution in [3.63, 3.8) is 0 Å². The van der Waals surface area contributed by atoms with Crippen LogP contribution in [0.25, 0.3) is 0 Å². The van der Waals surface area contributed by atoms with Crippen molar-refractivity contribution in [1.29, 1.82) is 0 Å². The third kappa shape index (κ3) is 8.32. The van der Waals surface area contributed by atoms with E-state index in [1.54, 1.807) is 0 Å². The van der Waals surface area contributed by atoms with E-state index in [9.17, 15) is 5.11 Å². The molecule has 0 amide bonds. The second-order valence-electron chi connectivity index (χ2n) is 4.66. The summed E-state index contributed by atoms with van der Waals surface area (Å²) >= 11 is 1.97. The Hall–Kier alpha value is 0.190. The molecule has 1 aliphatic rings. The van der Waals surface area contributed by atoms with Crippen molar-refractivity contribution in [2.75, 3.05) is 44.5 Å². The lowest BCUT2D eigenvalue weighted by Crippen LogP contribution is -2.37. The molecule has 1 aliphatic heterocycles. The van der Waals surface area contributed by atoms with Crippen LogP contribution in [0.4, 0.5) is 0 Å². The molecular formula is C13H27NO3S. The van der Waals surface area contributed by atoms with Gasteiger partial charge in [-0.25, -0.2) is 0 Å². The first-order valence-electron chi connectivity index (χ1n) is 6.97. The van der Waals surface area contributed by atoms with E-state index in [-0.39, 0.29) is 0 Å². The Balaban J connectivity index is 1.82. The molecule has 0 spiro atoms. The maximum atomic E-state index is 9.72. The van der Waals surface area contributed by atoms with Crippen molar-refractivity contribution < 1.29 is 14.6 Å². The second-order valence-corrected chi connectivity index (χ2v) is 5.81. The lowest BCUT2D eigenvalue weighted by Gasteiger charge is -2.15. The normalized spacial score (nSPS) is 21.3. The zero-order valence-corrected chi connectivity index (χ0v) is 12.2. The lowest BCUT2D eigenvalue weighted by molar-refractivity contribution is 0.00339. The minimum Gasteiger partial charge on any atom is -0.389 e. The van der Waals surface area contributed by atoms with Crippen LogP contribution in [0.3, 0.4) is 0 Å². The van der Waals surface area contributed by atoms with Crippen molar-refractivity contribution in [2.45, 2.75) is 38.3 Å². The van der Waals surface area contributed by atoms with Gasteiger partial charge >= 0.3 is 0 Å². The average molecular weight is 277 g/mol. The second kappa shape index (κ2) is 11.1. The van der Waals surface area contributed by atoms with Crippen LogP contribution in [-0.2, 0) is 9.47 Å². The minimum absolute atomic E-state index is 0.393. The van der Waals surface area contributed by atoms with E-state index in [2.05, 4.69) is 12.2 Å². The molecule has 2 atom stereocenters. The number of rotatable bonds is 11. The van der Waals surface area contributed by atoms with Crippen LogP contribution in [-0.4, -0.2) is 61.7 Å². The summed E-state index contributed by atoms with van der Waals surface area (Å²) < 4.78 is 10.7. The summed E-state index contributed by atoms with van der Waals surface area (Å²) in [6.07, 6.45) is 3.06. The fourth-order valence-corrected chi connectivity index (χ4v) is 2.93. The van der Waals surface area contributed by atoms with Crippen molar-refractivity contribution in [3.05, 3.63) is 0 Å². The van der Waals surface area contributed by atoms with Crippen molar-refractivity contribution in [3.8, 4) is 0 Å². The number of thioether (sulfide) groups is 1. The summed E-state index contributed by atoms with van der Waals surface area (Å²) in [6, 6.07) is 0.571. The number of hydrogen-bond acceptors (Lipinski definition) is 5. The Bertz CT molecular complexity index is 189. The van der Waals surface area contributed by atoms with Crippen LogP contribution in [0, 0.1) is 0 Å². The molecule has 1 heterocycles. The fraction of sp³-hybridized carbons (Fsp3) is 1.00. The van der Waals surface area contributed by atoms with Crippen LogP contribution >= 0.6 is 11.8 Å². The van der Waals surface area contributed by atoms with Gasteiger partial charge in [0.05, 0.1) is 25.9 Å². The van der Waals surface area contributed by atoms with Gasteiger partial charge in [-0.1, -0.05) is 13.3 Å². The first kappa shape index (κ1) is 16.2. The van der Waals surface area contributed by atoms with Crippen LogP contribution in [0.1, 0.15) is 26.2 Å². The SMILES string of the molecule is CCCCOCCOCC(O)CNC1CCSC1. The van der Waals surface area contributed by atoms with Gasteiger partial charge in [0.25, 0.3) is 0 Å². The van der Waals surface area contributed by atoms with E-state index in [4.69, 9.17) is 9.47 Å². The van der Waals surface area contributed by atoms with Gasteiger partial charge in [0.15, 0.2) is 0 Å². The van der Waals surface area contributed by atoms with E-state index in [1.165, 1.54) is 17.9 Å². The standard InChI is InChI=1S/C13H27NO3S/c1-2-3-5-16-6-7-17-10-13(15)9-14-12-4-8-18-11-12/h12-15H,2-11H2,1H3. The summed E-state index contributed by atoms with van der Waals surface area (Å²) in [6.45, 7) is 5.17. The Labute approximate surface area is 115 Å². The molecule has 0 saturated carbocycles. The molecular weight excluding hydrogens is 250 g/mol. The van der Waals surface area contributed by atoms with Gasteiger partial charge in [-0.05, 0) is 18.6 Å². The van der Waals surface area contributed by atoms with E-state index >= 15 is 0 Å². The minimum atomic E-state index is -0.411. The number of aliphatic hydroxyl groups is 1. The number of ether oxygens (including phenoxy) is 2. The third-order valence-electron chi connectivity index (χ3n) is 2.90. The lowest BCUT2D eigenvalue weighted by atomic mass is 10.2. The number of unbranched alkanes of at least 4 members (excludes halogenated alkanes) is 1. The molecule has 18 heavy (non-hydrogen) atoms. The largest absolute Gasteiger partial charge is 0.389 e. The highest BCUT2D eigenvalue weighted by Gasteiger charge is 2.15. The molecule has 0 aromatic rings. The highest BCUT2D eigenvalue weighted by molar-refractivity contribution is 7.99. The van der Waals surface area contributed by atoms with E-state index in [0.717, 1.165) is 19.4 Å². The first-order chi connectivity index (χ1) is 8.83. The predicted molar refractivity (Wildman–Crippen MR) is 76.3 cm³/mol. The highest BCUT2D eigenvalue weighted by atomic mass is 32.2. The molecule has 0 aromatic carbocycles. The summed E-state index contributed by atoms with van der Waals surface area (Å²) in [4.78, 5) is 0. The molecule has 108 valence electrons. The Morgan fingerprint density at radius 1 is 1.33 bits per heavy atom. The molecule has 1 saturated heterocycles. The Morgan fingerprint density at radius 3 is 2.89 bits per heavy atom. The summed E-state index contributed by atoms with van der Waals surface area (Å²) in [5.74, 6) is 2.40. The maximum absolute atomic E-state index is 9.72. The molecule has 4 nitrogen and oxygen atoms in total. The van der Waals surface area contributed by atoms with Gasteiger partial charge in [0, 0.05) is 24.9 Å². The van der Waals surface area contributed by atoms with Gasteiger partial charge in [-0.15, -0.1) is 0 Å². The number of nitrogens with one attached hydrogen (secondary N) is 1. The summed E-state index contributed by atoms with van der Waals surface area (Å²) in [7, 11) is 0. The zero-order chi connectivity index (χ0) is 13.1. The maximum Gasteiger partial charge on any atom is 0.0897 e. The van der Waals surface area contributed by atoms with Crippen molar-refractivity contribution in [2.24, 2.45) is 0 Å². The van der Waals surface area contributed by atoms with Gasteiger partial charge < -0.3 is 19.9 Å². The molecule has 0 aliphatic carbocycles. The smallest absolute Gasteiger partial charge is 0.0897 e. The molecule has 0 radical (unpaired) electrons. The summed E-state index contributed by atoms with van der Waals surface area (Å²) in [5.41, 5.74) is 0. The number of aliphatic hydroxyl groups excluding tert-OH is 1. The van der Waals surface area contributed by atoms with Crippen LogP contribution in [0.2, 0.25) is 0 Å². The first-order valence-corrected chi connectivity index (χ1v) is 8.13. The van der Waals surface area contributed by atoms with Crippen LogP contribution < -0.4 is 5.32 Å². The Morgan fingerprint density at radius 2 is 2.17 bits per heavy atom. The third-order valence-corrected chi connectivity index (χ3v) is 4.06. The van der Waals surface area contributed by atoms with E-state index in [1.807, 2.05) is 11.8 Å². The van der Waals surface area contributed by atoms with Gasteiger partial charge in [0.1, 0.15) is 0 Å². The molecule has 2 N–H and O–H groups in total. The number of hydrogen-bond donors (Lipinski definition) is 2. The van der Waals surface area contributed by atoms with Crippen LogP contribution in [0.5, 0.6) is 0 Å². The fourth-order valence-electron chi connectivity index (χ4n) is 1.74. The molecule has 2 unspecified atom stereocenters. The van der Waals surface area contributed by atoms with Gasteiger partial charge in [-0.3, -0.25) is 0 Å². The average Bonchev–Trinajstić information content (AvgIpc) is 2.88. The van der Waals surface area contributed by atoms with Crippen LogP contribution in [0.15, 0.2) is 0 Å². The molecule has 0 bridgehead atoms. The molecule has 5 heteroatoms. The molecule has 1 rings (SSSR count). The van der Waals surface area contributed by atoms with Crippen molar-refractivity contribution >= 4 is 11.8 Å². The van der Waals surface area contributed by atoms with Gasteiger partial charge in [0.2, 0.25) is 0 Å². The van der Waals surface area contributed by atoms with E-state index in [0.29, 0.717) is 32.4 Å². The zero-order valence-electron chi connectivity index (χ0n) is 11.4. The Kier molecular flexibility index (Phi) is 9.98. The molecule has 1 fully saturated rings. The van der Waals surface area contributed by atoms with Gasteiger partial charge in [-0.2, -0.15) is 11.8 Å². The van der Waals surface area contributed by atoms with E-state index < -0.39 is 6.10 Å². The highest BCUT2D eigenvalue weighted by Crippen LogP contribution is 2.16.